The first-order valence-electron chi connectivity index (χ1n) is 7.79. The van der Waals surface area contributed by atoms with E-state index in [-0.39, 0.29) is 11.7 Å². The maximum absolute atomic E-state index is 12.4. The van der Waals surface area contributed by atoms with Crippen LogP contribution in [0.3, 0.4) is 0 Å². The molecule has 1 saturated carbocycles. The monoisotopic (exact) mass is 352 g/mol. The number of aliphatic carboxylic acids is 1. The summed E-state index contributed by atoms with van der Waals surface area (Å²) >= 11 is 0. The summed E-state index contributed by atoms with van der Waals surface area (Å²) in [6, 6.07) is 6.62. The fraction of sp³-hybridized carbons (Fsp3) is 0.500. The zero-order chi connectivity index (χ0) is 17.7. The molecule has 0 radical (unpaired) electrons. The van der Waals surface area contributed by atoms with Crippen molar-refractivity contribution in [2.24, 2.45) is 17.3 Å². The van der Waals surface area contributed by atoms with Crippen molar-refractivity contribution >= 4 is 33.3 Å². The van der Waals surface area contributed by atoms with Gasteiger partial charge in [-0.1, -0.05) is 19.9 Å². The number of benzene rings is 1. The molecule has 2 aliphatic rings. The Bertz CT molecular complexity index is 802. The highest BCUT2D eigenvalue weighted by atomic mass is 32.2. The number of sulfonamides is 1. The quantitative estimate of drug-likeness (QED) is 0.855. The van der Waals surface area contributed by atoms with Crippen LogP contribution in [-0.4, -0.2) is 37.7 Å². The van der Waals surface area contributed by atoms with Crippen molar-refractivity contribution in [3.05, 3.63) is 24.3 Å². The molecular weight excluding hydrogens is 332 g/mol. The third kappa shape index (κ3) is 2.75. The van der Waals surface area contributed by atoms with Gasteiger partial charge in [0.2, 0.25) is 15.9 Å². The summed E-state index contributed by atoms with van der Waals surface area (Å²) < 4.78 is 25.3. The van der Waals surface area contributed by atoms with Crippen LogP contribution in [0.5, 0.6) is 0 Å². The van der Waals surface area contributed by atoms with E-state index >= 15 is 0 Å². The smallest absolute Gasteiger partial charge is 0.307 e. The highest BCUT2D eigenvalue weighted by Crippen LogP contribution is 2.58. The normalized spacial score (nSPS) is 26.8. The van der Waals surface area contributed by atoms with E-state index in [2.05, 4.69) is 5.32 Å². The van der Waals surface area contributed by atoms with Gasteiger partial charge >= 0.3 is 5.97 Å². The van der Waals surface area contributed by atoms with Crippen molar-refractivity contribution in [1.82, 2.24) is 0 Å². The molecule has 0 bridgehead atoms. The average molecular weight is 352 g/mol. The van der Waals surface area contributed by atoms with E-state index in [0.29, 0.717) is 24.3 Å². The van der Waals surface area contributed by atoms with Crippen LogP contribution in [0.4, 0.5) is 11.4 Å². The summed E-state index contributed by atoms with van der Waals surface area (Å²) in [7, 11) is -3.29. The minimum absolute atomic E-state index is 0.125. The van der Waals surface area contributed by atoms with Crippen LogP contribution in [0.2, 0.25) is 0 Å². The fourth-order valence-corrected chi connectivity index (χ4v) is 5.03. The Morgan fingerprint density at radius 2 is 2.00 bits per heavy atom. The number of anilines is 2. The van der Waals surface area contributed by atoms with Crippen LogP contribution >= 0.6 is 0 Å². The molecule has 2 N–H and O–H groups in total. The van der Waals surface area contributed by atoms with Crippen LogP contribution in [-0.2, 0) is 19.6 Å². The molecule has 24 heavy (non-hydrogen) atoms. The lowest BCUT2D eigenvalue weighted by atomic mass is 10.1. The van der Waals surface area contributed by atoms with Gasteiger partial charge in [-0.15, -0.1) is 0 Å². The predicted molar refractivity (Wildman–Crippen MR) is 89.2 cm³/mol. The largest absolute Gasteiger partial charge is 0.481 e. The molecule has 1 aliphatic heterocycles. The summed E-state index contributed by atoms with van der Waals surface area (Å²) in [5.41, 5.74) is 0.396. The molecule has 1 aromatic rings. The third-order valence-electron chi connectivity index (χ3n) is 4.88. The van der Waals surface area contributed by atoms with Crippen molar-refractivity contribution < 1.29 is 23.1 Å². The Kier molecular flexibility index (Phi) is 3.82. The number of amides is 1. The van der Waals surface area contributed by atoms with Crippen molar-refractivity contribution in [1.29, 1.82) is 0 Å². The fourth-order valence-electron chi connectivity index (χ4n) is 3.48. The Morgan fingerprint density at radius 1 is 1.29 bits per heavy atom. The highest BCUT2D eigenvalue weighted by molar-refractivity contribution is 7.93. The van der Waals surface area contributed by atoms with E-state index in [4.69, 9.17) is 5.11 Å². The Labute approximate surface area is 140 Å². The van der Waals surface area contributed by atoms with Gasteiger partial charge in [0.15, 0.2) is 0 Å². The van der Waals surface area contributed by atoms with E-state index in [1.807, 2.05) is 0 Å². The topological polar surface area (TPSA) is 104 Å². The van der Waals surface area contributed by atoms with Gasteiger partial charge in [0.25, 0.3) is 0 Å². The summed E-state index contributed by atoms with van der Waals surface area (Å²) in [6.07, 6.45) is 0.579. The first kappa shape index (κ1) is 16.8. The maximum atomic E-state index is 12.4. The van der Waals surface area contributed by atoms with Crippen LogP contribution in [0.25, 0.3) is 0 Å². The first-order chi connectivity index (χ1) is 11.1. The van der Waals surface area contributed by atoms with Crippen LogP contribution in [0, 0.1) is 17.3 Å². The molecule has 2 atom stereocenters. The van der Waals surface area contributed by atoms with Gasteiger partial charge in [0.1, 0.15) is 0 Å². The van der Waals surface area contributed by atoms with Crippen molar-refractivity contribution in [2.75, 3.05) is 21.9 Å². The second kappa shape index (κ2) is 5.47. The number of carboxylic acids is 1. The molecule has 8 heteroatoms. The number of rotatable bonds is 4. The van der Waals surface area contributed by atoms with Gasteiger partial charge in [0.05, 0.1) is 23.3 Å². The average Bonchev–Trinajstić information content (AvgIpc) is 2.88. The number of carbonyl (C=O) groups excluding carboxylic acids is 1. The van der Waals surface area contributed by atoms with Crippen LogP contribution in [0.15, 0.2) is 24.3 Å². The Balaban J connectivity index is 1.76. The SMILES string of the molecule is CC1(C)[C@@H](C(=O)O)[C@@H]1C(=O)Nc1cccc(N2CCCS2(=O)=O)c1. The first-order valence-corrected chi connectivity index (χ1v) is 9.39. The minimum Gasteiger partial charge on any atom is -0.481 e. The number of nitrogens with one attached hydrogen (secondary N) is 1. The second-order valence-corrected chi connectivity index (χ2v) is 8.91. The number of carboxylic acid groups (broad SMARTS) is 1. The summed E-state index contributed by atoms with van der Waals surface area (Å²) in [4.78, 5) is 23.5. The molecule has 1 heterocycles. The molecule has 1 amide bonds. The standard InChI is InChI=1S/C16H20N2O5S/c1-16(2)12(13(16)15(20)21)14(19)17-10-5-3-6-11(9-10)18-7-4-8-24(18,22)23/h3,5-6,9,12-13H,4,7-8H2,1-2H3,(H,17,19)(H,20,21)/t12-,13-/m1/s1. The van der Waals surface area contributed by atoms with Crippen molar-refractivity contribution in [3.63, 3.8) is 0 Å². The molecular formula is C16H20N2O5S. The van der Waals surface area contributed by atoms with Gasteiger partial charge in [-0.05, 0) is 30.0 Å². The third-order valence-corrected chi connectivity index (χ3v) is 6.75. The lowest BCUT2D eigenvalue weighted by Crippen LogP contribution is -2.25. The maximum Gasteiger partial charge on any atom is 0.307 e. The lowest BCUT2D eigenvalue weighted by molar-refractivity contribution is -0.140. The van der Waals surface area contributed by atoms with Gasteiger partial charge in [-0.2, -0.15) is 0 Å². The molecule has 1 aromatic carbocycles. The van der Waals surface area contributed by atoms with Crippen molar-refractivity contribution in [3.8, 4) is 0 Å². The van der Waals surface area contributed by atoms with E-state index in [1.165, 1.54) is 4.31 Å². The van der Waals surface area contributed by atoms with Gasteiger partial charge in [-0.25, -0.2) is 8.42 Å². The summed E-state index contributed by atoms with van der Waals surface area (Å²) in [5.74, 6) is -2.49. The molecule has 0 spiro atoms. The molecule has 0 unspecified atom stereocenters. The number of hydrogen-bond acceptors (Lipinski definition) is 4. The minimum atomic E-state index is -3.29. The molecule has 1 aliphatic carbocycles. The Hall–Kier alpha value is -2.09. The van der Waals surface area contributed by atoms with Gasteiger partial charge < -0.3 is 10.4 Å². The van der Waals surface area contributed by atoms with E-state index < -0.39 is 33.2 Å². The molecule has 1 saturated heterocycles. The molecule has 0 aromatic heterocycles. The second-order valence-electron chi connectivity index (χ2n) is 6.90. The van der Waals surface area contributed by atoms with E-state index in [0.717, 1.165) is 0 Å². The highest BCUT2D eigenvalue weighted by Gasteiger charge is 2.65. The zero-order valence-electron chi connectivity index (χ0n) is 13.5. The van der Waals surface area contributed by atoms with E-state index in [1.54, 1.807) is 38.1 Å². The number of nitrogens with zero attached hydrogens (tertiary/aromatic N) is 1. The molecule has 2 fully saturated rings. The van der Waals surface area contributed by atoms with Crippen LogP contribution in [0.1, 0.15) is 20.3 Å². The zero-order valence-corrected chi connectivity index (χ0v) is 14.3. The van der Waals surface area contributed by atoms with Gasteiger partial charge in [-0.3, -0.25) is 13.9 Å². The summed E-state index contributed by atoms with van der Waals surface area (Å²) in [6.45, 7) is 3.93. The van der Waals surface area contributed by atoms with Crippen molar-refractivity contribution in [2.45, 2.75) is 20.3 Å². The van der Waals surface area contributed by atoms with Gasteiger partial charge in [0, 0.05) is 12.2 Å². The number of carbonyl (C=O) groups is 2. The number of hydrogen-bond donors (Lipinski definition) is 2. The molecule has 130 valence electrons. The Morgan fingerprint density at radius 3 is 2.54 bits per heavy atom. The van der Waals surface area contributed by atoms with E-state index in [9.17, 15) is 18.0 Å². The lowest BCUT2D eigenvalue weighted by Gasteiger charge is -2.18. The van der Waals surface area contributed by atoms with Crippen LogP contribution < -0.4 is 9.62 Å². The molecule has 7 nitrogen and oxygen atoms in total. The predicted octanol–water partition coefficient (Wildman–Crippen LogP) is 1.52. The summed E-state index contributed by atoms with van der Waals surface area (Å²) in [5, 5.41) is 11.9. The molecule has 3 rings (SSSR count).